The molecule has 0 aliphatic rings. The summed E-state index contributed by atoms with van der Waals surface area (Å²) in [5, 5.41) is 11.9. The molecule has 0 spiro atoms. The second-order valence-electron chi connectivity index (χ2n) is 5.67. The van der Waals surface area contributed by atoms with Crippen molar-refractivity contribution in [2.75, 3.05) is 18.5 Å². The van der Waals surface area contributed by atoms with Gasteiger partial charge in [0.05, 0.1) is 24.0 Å². The number of carbonyl (C=O) groups excluding carboxylic acids is 1. The molecule has 0 aliphatic heterocycles. The van der Waals surface area contributed by atoms with E-state index in [1.165, 1.54) is 17.9 Å². The van der Waals surface area contributed by atoms with E-state index >= 15 is 0 Å². The van der Waals surface area contributed by atoms with E-state index in [1.807, 2.05) is 0 Å². The van der Waals surface area contributed by atoms with Crippen LogP contribution >= 0.6 is 0 Å². The molecule has 0 aliphatic carbocycles. The van der Waals surface area contributed by atoms with Crippen LogP contribution in [-0.4, -0.2) is 41.3 Å². The Morgan fingerprint density at radius 2 is 1.96 bits per heavy atom. The normalized spacial score (nSPS) is 12.9. The van der Waals surface area contributed by atoms with E-state index in [9.17, 15) is 23.1 Å². The van der Waals surface area contributed by atoms with Gasteiger partial charge in [0.25, 0.3) is 0 Å². The molecule has 0 fully saturated rings. The van der Waals surface area contributed by atoms with Gasteiger partial charge in [-0.05, 0) is 45.9 Å². The summed E-state index contributed by atoms with van der Waals surface area (Å²) in [5.41, 5.74) is -0.944. The Morgan fingerprint density at radius 1 is 1.33 bits per heavy atom. The summed E-state index contributed by atoms with van der Waals surface area (Å²) in [5.74, 6) is 0.152. The number of hydrogen-bond acceptors (Lipinski definition) is 3. The van der Waals surface area contributed by atoms with Gasteiger partial charge in [0.2, 0.25) is 0 Å². The highest BCUT2D eigenvalue weighted by Gasteiger charge is 2.31. The Morgan fingerprint density at radius 3 is 2.42 bits per heavy atom. The van der Waals surface area contributed by atoms with Crippen molar-refractivity contribution in [1.29, 1.82) is 0 Å². The van der Waals surface area contributed by atoms with Gasteiger partial charge in [0, 0.05) is 12.6 Å². The monoisotopic (exact) mass is 348 g/mol. The molecule has 1 aromatic rings. The van der Waals surface area contributed by atoms with Crippen molar-refractivity contribution in [3.05, 3.63) is 23.8 Å². The largest absolute Gasteiger partial charge is 0.492 e. The number of amides is 2. The lowest BCUT2D eigenvalue weighted by Crippen LogP contribution is -2.43. The molecule has 1 aromatic carbocycles. The first-order valence-electron chi connectivity index (χ1n) is 7.66. The zero-order chi connectivity index (χ0) is 18.5. The summed E-state index contributed by atoms with van der Waals surface area (Å²) in [6.07, 6.45) is -5.28. The molecule has 2 amide bonds. The van der Waals surface area contributed by atoms with E-state index in [0.29, 0.717) is 0 Å². The maximum atomic E-state index is 12.9. The number of aliphatic hydroxyl groups excluding tert-OH is 1. The van der Waals surface area contributed by atoms with Crippen LogP contribution < -0.4 is 10.1 Å². The summed E-state index contributed by atoms with van der Waals surface area (Å²) >= 11 is 0. The predicted molar refractivity (Wildman–Crippen MR) is 85.2 cm³/mol. The van der Waals surface area contributed by atoms with Crippen LogP contribution in [0.3, 0.4) is 0 Å². The van der Waals surface area contributed by atoms with Gasteiger partial charge in [-0.2, -0.15) is 13.2 Å². The highest BCUT2D eigenvalue weighted by atomic mass is 19.4. The number of nitrogens with zero attached hydrogens (tertiary/aromatic N) is 1. The number of anilines is 1. The quantitative estimate of drug-likeness (QED) is 0.823. The molecule has 1 unspecified atom stereocenters. The van der Waals surface area contributed by atoms with Crippen LogP contribution in [0.4, 0.5) is 23.7 Å². The Kier molecular flexibility index (Phi) is 6.89. The van der Waals surface area contributed by atoms with Crippen molar-refractivity contribution in [3.63, 3.8) is 0 Å². The summed E-state index contributed by atoms with van der Waals surface area (Å²) in [4.78, 5) is 13.7. The zero-order valence-electron chi connectivity index (χ0n) is 14.1. The van der Waals surface area contributed by atoms with Crippen LogP contribution in [0, 0.1) is 0 Å². The van der Waals surface area contributed by atoms with E-state index in [0.717, 1.165) is 12.1 Å². The number of benzene rings is 1. The van der Waals surface area contributed by atoms with Crippen molar-refractivity contribution in [3.8, 4) is 5.75 Å². The van der Waals surface area contributed by atoms with Crippen LogP contribution in [0.15, 0.2) is 18.2 Å². The zero-order valence-corrected chi connectivity index (χ0v) is 14.1. The summed E-state index contributed by atoms with van der Waals surface area (Å²) in [7, 11) is 0. The number of nitrogens with one attached hydrogen (secondary N) is 1. The average molecular weight is 348 g/mol. The maximum Gasteiger partial charge on any atom is 0.416 e. The molecule has 0 saturated heterocycles. The average Bonchev–Trinajstić information content (AvgIpc) is 2.45. The summed E-state index contributed by atoms with van der Waals surface area (Å²) < 4.78 is 43.9. The molecular formula is C16H23F3N2O3. The van der Waals surface area contributed by atoms with Gasteiger partial charge < -0.3 is 20.1 Å². The Bertz CT molecular complexity index is 560. The molecule has 1 rings (SSSR count). The van der Waals surface area contributed by atoms with Gasteiger partial charge in [0.15, 0.2) is 0 Å². The molecule has 1 atom stereocenters. The van der Waals surface area contributed by atoms with Crippen molar-refractivity contribution in [2.45, 2.75) is 46.0 Å². The standard InChI is InChI=1S/C16H23F3N2O3/c1-5-24-14-7-6-12(16(17,18)19)8-13(14)20-15(23)21(10(2)3)9-11(4)22/h6-8,10-11,22H,5,9H2,1-4H3,(H,20,23). The molecule has 0 radical (unpaired) electrons. The van der Waals surface area contributed by atoms with E-state index in [2.05, 4.69) is 5.32 Å². The number of urea groups is 1. The highest BCUT2D eigenvalue weighted by Crippen LogP contribution is 2.35. The third-order valence-electron chi connectivity index (χ3n) is 3.19. The van der Waals surface area contributed by atoms with Gasteiger partial charge in [0.1, 0.15) is 5.75 Å². The van der Waals surface area contributed by atoms with Crippen LogP contribution in [0.1, 0.15) is 33.3 Å². The fourth-order valence-electron chi connectivity index (χ4n) is 2.09. The number of halogens is 3. The Labute approximate surface area is 139 Å². The van der Waals surface area contributed by atoms with Gasteiger partial charge >= 0.3 is 12.2 Å². The van der Waals surface area contributed by atoms with Crippen molar-refractivity contribution in [2.24, 2.45) is 0 Å². The first kappa shape index (κ1) is 20.1. The second-order valence-corrected chi connectivity index (χ2v) is 5.67. The van der Waals surface area contributed by atoms with Crippen LogP contribution in [-0.2, 0) is 6.18 Å². The predicted octanol–water partition coefficient (Wildman–Crippen LogP) is 3.73. The number of ether oxygens (including phenoxy) is 1. The second kappa shape index (κ2) is 8.23. The van der Waals surface area contributed by atoms with Crippen molar-refractivity contribution in [1.82, 2.24) is 4.90 Å². The van der Waals surface area contributed by atoms with E-state index in [4.69, 9.17) is 4.74 Å². The SMILES string of the molecule is CCOc1ccc(C(F)(F)F)cc1NC(=O)N(CC(C)O)C(C)C. The fraction of sp³-hybridized carbons (Fsp3) is 0.562. The number of aliphatic hydroxyl groups is 1. The highest BCUT2D eigenvalue weighted by molar-refractivity contribution is 5.91. The van der Waals surface area contributed by atoms with E-state index in [1.54, 1.807) is 20.8 Å². The first-order chi connectivity index (χ1) is 11.1. The molecular weight excluding hydrogens is 325 g/mol. The lowest BCUT2D eigenvalue weighted by Gasteiger charge is -2.28. The fourth-order valence-corrected chi connectivity index (χ4v) is 2.09. The third-order valence-corrected chi connectivity index (χ3v) is 3.19. The number of alkyl halides is 3. The van der Waals surface area contributed by atoms with Crippen molar-refractivity contribution < 1.29 is 27.8 Å². The molecule has 5 nitrogen and oxygen atoms in total. The lowest BCUT2D eigenvalue weighted by molar-refractivity contribution is -0.137. The lowest BCUT2D eigenvalue weighted by atomic mass is 10.1. The topological polar surface area (TPSA) is 61.8 Å². The molecule has 136 valence electrons. The van der Waals surface area contributed by atoms with Crippen LogP contribution in [0.5, 0.6) is 5.75 Å². The maximum absolute atomic E-state index is 12.9. The van der Waals surface area contributed by atoms with E-state index in [-0.39, 0.29) is 30.6 Å². The minimum Gasteiger partial charge on any atom is -0.492 e. The third kappa shape index (κ3) is 5.59. The molecule has 2 N–H and O–H groups in total. The molecule has 0 aromatic heterocycles. The molecule has 0 saturated carbocycles. The van der Waals surface area contributed by atoms with Gasteiger partial charge in [-0.25, -0.2) is 4.79 Å². The minimum absolute atomic E-state index is 0.0619. The summed E-state index contributed by atoms with van der Waals surface area (Å²) in [6.45, 7) is 7.02. The van der Waals surface area contributed by atoms with Crippen LogP contribution in [0.25, 0.3) is 0 Å². The Balaban J connectivity index is 3.11. The summed E-state index contributed by atoms with van der Waals surface area (Å²) in [6, 6.07) is 2.07. The minimum atomic E-state index is -4.53. The molecule has 24 heavy (non-hydrogen) atoms. The number of rotatable bonds is 6. The van der Waals surface area contributed by atoms with Gasteiger partial charge in [-0.3, -0.25) is 0 Å². The van der Waals surface area contributed by atoms with Gasteiger partial charge in [-0.1, -0.05) is 0 Å². The first-order valence-corrected chi connectivity index (χ1v) is 7.66. The Hall–Kier alpha value is -1.96. The van der Waals surface area contributed by atoms with Crippen molar-refractivity contribution >= 4 is 11.7 Å². The molecule has 0 heterocycles. The van der Waals surface area contributed by atoms with Gasteiger partial charge in [-0.15, -0.1) is 0 Å². The van der Waals surface area contributed by atoms with Crippen LogP contribution in [0.2, 0.25) is 0 Å². The molecule has 0 bridgehead atoms. The smallest absolute Gasteiger partial charge is 0.416 e. The van der Waals surface area contributed by atoms with E-state index < -0.39 is 23.9 Å². The number of carbonyl (C=O) groups is 1. The number of hydrogen-bond donors (Lipinski definition) is 2. The molecule has 8 heteroatoms.